The van der Waals surface area contributed by atoms with E-state index in [2.05, 4.69) is 4.98 Å². The van der Waals surface area contributed by atoms with Crippen molar-refractivity contribution < 1.29 is 12.8 Å². The summed E-state index contributed by atoms with van der Waals surface area (Å²) in [6, 6.07) is 4.01. The molecule has 2 aromatic rings. The zero-order valence-electron chi connectivity index (χ0n) is 9.77. The molecule has 0 bridgehead atoms. The van der Waals surface area contributed by atoms with E-state index in [0.29, 0.717) is 16.4 Å². The number of sulfone groups is 1. The highest BCUT2D eigenvalue weighted by atomic mass is 32.2. The summed E-state index contributed by atoms with van der Waals surface area (Å²) in [6.45, 7) is 1.77. The summed E-state index contributed by atoms with van der Waals surface area (Å²) in [5.74, 6) is -0.763. The number of halogens is 1. The zero-order valence-corrected chi connectivity index (χ0v) is 11.4. The Kier molecular flexibility index (Phi) is 3.12. The van der Waals surface area contributed by atoms with Gasteiger partial charge in [-0.05, 0) is 24.6 Å². The number of nitrogens with two attached hydrogens (primary N) is 1. The van der Waals surface area contributed by atoms with Gasteiger partial charge >= 0.3 is 0 Å². The molecule has 0 saturated heterocycles. The van der Waals surface area contributed by atoms with Crippen molar-refractivity contribution in [1.82, 2.24) is 4.98 Å². The number of rotatable bonds is 2. The summed E-state index contributed by atoms with van der Waals surface area (Å²) in [4.78, 5) is 4.48. The maximum absolute atomic E-state index is 13.7. The standard InChI is InChI=1S/C11H11FN2O2S2/c1-6-10(17-11(13)14-6)7-3-4-9(8(12)5-7)18(2,15)16/h3-5H,1-2H3,(H2,13,14). The van der Waals surface area contributed by atoms with Crippen LogP contribution in [0.15, 0.2) is 23.1 Å². The van der Waals surface area contributed by atoms with Crippen LogP contribution in [-0.2, 0) is 9.84 Å². The van der Waals surface area contributed by atoms with Crippen molar-refractivity contribution in [3.05, 3.63) is 29.7 Å². The first-order chi connectivity index (χ1) is 8.29. The number of hydrogen-bond acceptors (Lipinski definition) is 5. The van der Waals surface area contributed by atoms with E-state index in [0.717, 1.165) is 11.1 Å². The lowest BCUT2D eigenvalue weighted by atomic mass is 10.1. The SMILES string of the molecule is Cc1nc(N)sc1-c1ccc(S(C)(=O)=O)c(F)c1. The number of aromatic nitrogens is 1. The molecule has 0 aliphatic rings. The number of nitrogens with zero attached hydrogens (tertiary/aromatic N) is 1. The summed E-state index contributed by atoms with van der Waals surface area (Å²) >= 11 is 1.24. The lowest BCUT2D eigenvalue weighted by molar-refractivity contribution is 0.571. The molecule has 1 aromatic heterocycles. The molecular formula is C11H11FN2O2S2. The van der Waals surface area contributed by atoms with Gasteiger partial charge in [0.05, 0.1) is 10.6 Å². The second-order valence-electron chi connectivity index (χ2n) is 3.88. The van der Waals surface area contributed by atoms with E-state index in [1.807, 2.05) is 0 Å². The fourth-order valence-electron chi connectivity index (χ4n) is 1.63. The molecule has 18 heavy (non-hydrogen) atoms. The predicted molar refractivity (Wildman–Crippen MR) is 69.8 cm³/mol. The van der Waals surface area contributed by atoms with Gasteiger partial charge in [-0.2, -0.15) is 0 Å². The molecule has 0 unspecified atom stereocenters. The second-order valence-corrected chi connectivity index (χ2v) is 6.90. The summed E-state index contributed by atoms with van der Waals surface area (Å²) < 4.78 is 36.3. The third-order valence-electron chi connectivity index (χ3n) is 2.41. The summed E-state index contributed by atoms with van der Waals surface area (Å²) in [7, 11) is -3.55. The van der Waals surface area contributed by atoms with E-state index in [1.165, 1.54) is 23.5 Å². The molecule has 0 spiro atoms. The number of anilines is 1. The molecule has 96 valence electrons. The molecule has 0 radical (unpaired) electrons. The average Bonchev–Trinajstić information content (AvgIpc) is 2.55. The number of thiazole rings is 1. The average molecular weight is 286 g/mol. The van der Waals surface area contributed by atoms with Gasteiger partial charge in [0.25, 0.3) is 0 Å². The molecule has 2 N–H and O–H groups in total. The summed E-state index contributed by atoms with van der Waals surface area (Å²) in [5, 5.41) is 0.398. The van der Waals surface area contributed by atoms with E-state index in [4.69, 9.17) is 5.73 Å². The first kappa shape index (κ1) is 13.0. The van der Waals surface area contributed by atoms with Crippen LogP contribution in [0.1, 0.15) is 5.69 Å². The Morgan fingerprint density at radius 1 is 1.39 bits per heavy atom. The Labute approximate surface area is 108 Å². The van der Waals surface area contributed by atoms with Crippen molar-refractivity contribution in [3.8, 4) is 10.4 Å². The molecule has 0 atom stereocenters. The van der Waals surface area contributed by atoms with Crippen molar-refractivity contribution in [2.24, 2.45) is 0 Å². The third-order valence-corrected chi connectivity index (χ3v) is 4.57. The van der Waals surface area contributed by atoms with Crippen LogP contribution >= 0.6 is 11.3 Å². The fraction of sp³-hybridized carbons (Fsp3) is 0.182. The fourth-order valence-corrected chi connectivity index (χ4v) is 3.19. The normalized spacial score (nSPS) is 11.7. The molecule has 1 aromatic carbocycles. The Bertz CT molecular complexity index is 708. The Morgan fingerprint density at radius 3 is 2.50 bits per heavy atom. The van der Waals surface area contributed by atoms with Crippen LogP contribution < -0.4 is 5.73 Å². The zero-order chi connectivity index (χ0) is 13.5. The van der Waals surface area contributed by atoms with Gasteiger partial charge in [0.1, 0.15) is 10.7 Å². The van der Waals surface area contributed by atoms with Gasteiger partial charge in [0.15, 0.2) is 15.0 Å². The molecule has 4 nitrogen and oxygen atoms in total. The van der Waals surface area contributed by atoms with Gasteiger partial charge in [0, 0.05) is 6.26 Å². The minimum atomic E-state index is -3.55. The van der Waals surface area contributed by atoms with Crippen LogP contribution in [0, 0.1) is 12.7 Å². The van der Waals surface area contributed by atoms with Gasteiger partial charge in [0.2, 0.25) is 0 Å². The smallest absolute Gasteiger partial charge is 0.180 e. The van der Waals surface area contributed by atoms with Crippen LogP contribution in [0.2, 0.25) is 0 Å². The van der Waals surface area contributed by atoms with Crippen LogP contribution in [0.4, 0.5) is 9.52 Å². The lowest BCUT2D eigenvalue weighted by Crippen LogP contribution is -2.00. The van der Waals surface area contributed by atoms with Gasteiger partial charge in [-0.1, -0.05) is 17.4 Å². The summed E-state index contributed by atoms with van der Waals surface area (Å²) in [6.07, 6.45) is 0.973. The maximum Gasteiger partial charge on any atom is 0.180 e. The first-order valence-electron chi connectivity index (χ1n) is 5.02. The minimum absolute atomic E-state index is 0.304. The number of benzene rings is 1. The largest absolute Gasteiger partial charge is 0.375 e. The quantitative estimate of drug-likeness (QED) is 0.919. The highest BCUT2D eigenvalue weighted by Gasteiger charge is 2.16. The van der Waals surface area contributed by atoms with Crippen LogP contribution in [0.3, 0.4) is 0 Å². The number of aryl methyl sites for hydroxylation is 1. The molecule has 0 aliphatic carbocycles. The monoisotopic (exact) mass is 286 g/mol. The van der Waals surface area contributed by atoms with Gasteiger partial charge in [-0.3, -0.25) is 0 Å². The molecule has 0 amide bonds. The highest BCUT2D eigenvalue weighted by Crippen LogP contribution is 2.32. The molecular weight excluding hydrogens is 275 g/mol. The number of nitrogen functional groups attached to an aromatic ring is 1. The van der Waals surface area contributed by atoms with Gasteiger partial charge < -0.3 is 5.73 Å². The second kappa shape index (κ2) is 4.33. The van der Waals surface area contributed by atoms with Crippen molar-refractivity contribution in [1.29, 1.82) is 0 Å². The van der Waals surface area contributed by atoms with Crippen molar-refractivity contribution >= 4 is 26.3 Å². The first-order valence-corrected chi connectivity index (χ1v) is 7.72. The van der Waals surface area contributed by atoms with E-state index >= 15 is 0 Å². The van der Waals surface area contributed by atoms with Crippen LogP contribution in [-0.4, -0.2) is 19.7 Å². The summed E-state index contributed by atoms with van der Waals surface area (Å²) in [5.41, 5.74) is 6.85. The van der Waals surface area contributed by atoms with Crippen molar-refractivity contribution in [3.63, 3.8) is 0 Å². The highest BCUT2D eigenvalue weighted by molar-refractivity contribution is 7.90. The molecule has 0 fully saturated rings. The molecule has 7 heteroatoms. The number of hydrogen-bond donors (Lipinski definition) is 1. The minimum Gasteiger partial charge on any atom is -0.375 e. The topological polar surface area (TPSA) is 73.0 Å². The van der Waals surface area contributed by atoms with Crippen LogP contribution in [0.5, 0.6) is 0 Å². The van der Waals surface area contributed by atoms with Gasteiger partial charge in [-0.25, -0.2) is 17.8 Å². The van der Waals surface area contributed by atoms with Crippen molar-refractivity contribution in [2.45, 2.75) is 11.8 Å². The predicted octanol–water partition coefficient (Wildman–Crippen LogP) is 2.24. The Hall–Kier alpha value is -1.47. The Morgan fingerprint density at radius 2 is 2.06 bits per heavy atom. The molecule has 2 rings (SSSR count). The van der Waals surface area contributed by atoms with E-state index in [9.17, 15) is 12.8 Å². The molecule has 1 heterocycles. The van der Waals surface area contributed by atoms with Gasteiger partial charge in [-0.15, -0.1) is 0 Å². The molecule has 0 saturated carbocycles. The van der Waals surface area contributed by atoms with Crippen molar-refractivity contribution in [2.75, 3.05) is 12.0 Å². The van der Waals surface area contributed by atoms with Crippen LogP contribution in [0.25, 0.3) is 10.4 Å². The van der Waals surface area contributed by atoms with E-state index in [-0.39, 0.29) is 4.90 Å². The molecule has 0 aliphatic heterocycles. The van der Waals surface area contributed by atoms with E-state index in [1.54, 1.807) is 13.0 Å². The van der Waals surface area contributed by atoms with E-state index < -0.39 is 15.7 Å². The Balaban J connectivity index is 2.57. The lowest BCUT2D eigenvalue weighted by Gasteiger charge is -2.03. The maximum atomic E-state index is 13.7. The third kappa shape index (κ3) is 2.37.